The van der Waals surface area contributed by atoms with E-state index in [0.717, 1.165) is 23.4 Å². The molecular weight excluding hydrogens is 222 g/mol. The van der Waals surface area contributed by atoms with Crippen LogP contribution >= 0.6 is 11.8 Å². The summed E-state index contributed by atoms with van der Waals surface area (Å²) in [6.07, 6.45) is 2.66. The lowest BCUT2D eigenvalue weighted by atomic mass is 10.1. The maximum atomic E-state index is 11.1. The van der Waals surface area contributed by atoms with Crippen LogP contribution in [0.3, 0.4) is 0 Å². The minimum absolute atomic E-state index is 0.319. The van der Waals surface area contributed by atoms with E-state index in [1.54, 1.807) is 13.0 Å². The van der Waals surface area contributed by atoms with E-state index >= 15 is 0 Å². The van der Waals surface area contributed by atoms with E-state index in [-0.39, 0.29) is 0 Å². The maximum absolute atomic E-state index is 11.1. The summed E-state index contributed by atoms with van der Waals surface area (Å²) < 4.78 is 0. The molecule has 0 aromatic carbocycles. The second kappa shape index (κ2) is 5.70. The number of carboxylic acid groups (broad SMARTS) is 1. The van der Waals surface area contributed by atoms with Crippen molar-refractivity contribution < 1.29 is 9.90 Å². The lowest BCUT2D eigenvalue weighted by molar-refractivity contribution is 0.0691. The van der Waals surface area contributed by atoms with E-state index in [1.165, 1.54) is 11.8 Å². The van der Waals surface area contributed by atoms with Gasteiger partial charge in [0.25, 0.3) is 0 Å². The van der Waals surface area contributed by atoms with Crippen molar-refractivity contribution in [2.24, 2.45) is 0 Å². The van der Waals surface area contributed by atoms with Crippen LogP contribution in [0.15, 0.2) is 23.7 Å². The van der Waals surface area contributed by atoms with Crippen molar-refractivity contribution in [3.8, 4) is 0 Å². The third kappa shape index (κ3) is 3.10. The van der Waals surface area contributed by atoms with Gasteiger partial charge in [-0.05, 0) is 31.9 Å². The van der Waals surface area contributed by atoms with Crippen LogP contribution in [-0.2, 0) is 0 Å². The number of hydrogen-bond donors (Lipinski definition) is 1. The molecule has 0 atom stereocenters. The molecule has 0 aliphatic carbocycles. The quantitative estimate of drug-likeness (QED) is 0.486. The number of carboxylic acids is 1. The minimum Gasteiger partial charge on any atom is -0.478 e. The Morgan fingerprint density at radius 3 is 2.88 bits per heavy atom. The molecule has 1 N–H and O–H groups in total. The van der Waals surface area contributed by atoms with Gasteiger partial charge >= 0.3 is 5.97 Å². The molecule has 3 nitrogen and oxygen atoms in total. The molecule has 16 heavy (non-hydrogen) atoms. The number of carbonyl (C=O) groups is 1. The second-order valence-electron chi connectivity index (χ2n) is 3.49. The number of allylic oxidation sites excluding steroid dienone is 1. The Hall–Kier alpha value is -1.29. The summed E-state index contributed by atoms with van der Waals surface area (Å²) in [6.45, 7) is 7.31. The average molecular weight is 237 g/mol. The van der Waals surface area contributed by atoms with Crippen LogP contribution in [0.1, 0.15) is 28.0 Å². The van der Waals surface area contributed by atoms with Crippen LogP contribution in [0.4, 0.5) is 0 Å². The Morgan fingerprint density at radius 2 is 2.31 bits per heavy atom. The van der Waals surface area contributed by atoms with Crippen LogP contribution in [-0.4, -0.2) is 21.8 Å². The molecule has 0 saturated carbocycles. The third-order valence-electron chi connectivity index (χ3n) is 2.09. The lowest BCUT2D eigenvalue weighted by Gasteiger charge is -2.08. The predicted octanol–water partition coefficient (Wildman–Crippen LogP) is 3.06. The van der Waals surface area contributed by atoms with Gasteiger partial charge in [-0.15, -0.1) is 18.3 Å². The molecule has 1 rings (SSSR count). The molecule has 0 aliphatic heterocycles. The molecule has 0 radical (unpaired) electrons. The van der Waals surface area contributed by atoms with E-state index in [9.17, 15) is 4.79 Å². The van der Waals surface area contributed by atoms with Gasteiger partial charge in [0, 0.05) is 11.4 Å². The molecule has 86 valence electrons. The van der Waals surface area contributed by atoms with E-state index in [1.807, 2.05) is 13.0 Å². The number of nitrogens with zero attached hydrogens (tertiary/aromatic N) is 1. The van der Waals surface area contributed by atoms with Crippen LogP contribution < -0.4 is 0 Å². The highest BCUT2D eigenvalue weighted by Crippen LogP contribution is 2.24. The molecule has 0 bridgehead atoms. The van der Waals surface area contributed by atoms with Crippen molar-refractivity contribution in [1.82, 2.24) is 4.98 Å². The van der Waals surface area contributed by atoms with Crippen LogP contribution in [0.25, 0.3) is 0 Å². The normalized spacial score (nSPS) is 10.1. The number of rotatable bonds is 5. The Morgan fingerprint density at radius 1 is 1.62 bits per heavy atom. The number of thioether (sulfide) groups is 1. The fourth-order valence-corrected chi connectivity index (χ4v) is 2.49. The maximum Gasteiger partial charge on any atom is 0.338 e. The van der Waals surface area contributed by atoms with Gasteiger partial charge < -0.3 is 5.11 Å². The van der Waals surface area contributed by atoms with Gasteiger partial charge in [0.05, 0.1) is 5.56 Å². The summed E-state index contributed by atoms with van der Waals surface area (Å²) in [4.78, 5) is 15.4. The van der Waals surface area contributed by atoms with Gasteiger partial charge in [0.1, 0.15) is 5.03 Å². The Labute approximate surface area is 99.6 Å². The molecule has 0 fully saturated rings. The summed E-state index contributed by atoms with van der Waals surface area (Å²) in [7, 11) is 0. The van der Waals surface area contributed by atoms with E-state index < -0.39 is 5.97 Å². The molecule has 0 saturated heterocycles. The van der Waals surface area contributed by atoms with Crippen LogP contribution in [0.2, 0.25) is 0 Å². The largest absolute Gasteiger partial charge is 0.478 e. The highest BCUT2D eigenvalue weighted by molar-refractivity contribution is 7.99. The zero-order chi connectivity index (χ0) is 12.1. The molecule has 0 spiro atoms. The zero-order valence-electron chi connectivity index (χ0n) is 9.49. The minimum atomic E-state index is -0.911. The summed E-state index contributed by atoms with van der Waals surface area (Å²) in [5.41, 5.74) is 1.93. The molecule has 0 unspecified atom stereocenters. The first kappa shape index (κ1) is 12.8. The molecule has 1 aromatic heterocycles. The predicted molar refractivity (Wildman–Crippen MR) is 66.2 cm³/mol. The highest BCUT2D eigenvalue weighted by Gasteiger charge is 2.15. The second-order valence-corrected chi connectivity index (χ2v) is 4.58. The van der Waals surface area contributed by atoms with Gasteiger partial charge in [0.2, 0.25) is 0 Å². The van der Waals surface area contributed by atoms with E-state index in [2.05, 4.69) is 11.6 Å². The van der Waals surface area contributed by atoms with Gasteiger partial charge in [-0.2, -0.15) is 0 Å². The van der Waals surface area contributed by atoms with Crippen molar-refractivity contribution in [3.63, 3.8) is 0 Å². The Balaban J connectivity index is 3.03. The number of aromatic nitrogens is 1. The molecule has 1 aromatic rings. The topological polar surface area (TPSA) is 50.2 Å². The van der Waals surface area contributed by atoms with Crippen molar-refractivity contribution >= 4 is 17.7 Å². The Kier molecular flexibility index (Phi) is 4.55. The number of aryl methyl sites for hydroxylation is 2. The first-order valence-electron chi connectivity index (χ1n) is 5.01. The summed E-state index contributed by atoms with van der Waals surface area (Å²) >= 11 is 1.47. The number of pyridine rings is 1. The summed E-state index contributed by atoms with van der Waals surface area (Å²) in [6, 6.07) is 1.79. The number of aromatic carboxylic acids is 1. The zero-order valence-corrected chi connectivity index (χ0v) is 10.3. The monoisotopic (exact) mass is 237 g/mol. The molecule has 0 amide bonds. The van der Waals surface area contributed by atoms with E-state index in [4.69, 9.17) is 5.11 Å². The summed E-state index contributed by atoms with van der Waals surface area (Å²) in [5, 5.41) is 9.72. The molecule has 4 heteroatoms. The first-order valence-corrected chi connectivity index (χ1v) is 6.00. The molecular formula is C12H15NO2S. The number of hydrogen-bond acceptors (Lipinski definition) is 3. The van der Waals surface area contributed by atoms with Gasteiger partial charge in [-0.25, -0.2) is 9.78 Å². The third-order valence-corrected chi connectivity index (χ3v) is 3.09. The molecule has 1 heterocycles. The fraction of sp³-hybridized carbons (Fsp3) is 0.333. The highest BCUT2D eigenvalue weighted by atomic mass is 32.2. The van der Waals surface area contributed by atoms with Crippen molar-refractivity contribution in [1.29, 1.82) is 0 Å². The average Bonchev–Trinajstić information content (AvgIpc) is 2.16. The van der Waals surface area contributed by atoms with Gasteiger partial charge in [-0.1, -0.05) is 6.08 Å². The van der Waals surface area contributed by atoms with Crippen LogP contribution in [0.5, 0.6) is 0 Å². The first-order chi connectivity index (χ1) is 7.56. The standard InChI is InChI=1S/C12H15NO2S/c1-4-5-6-16-11-10(12(14)15)8(2)7-9(3)13-11/h4,7H,1,5-6H2,2-3H3,(H,14,15). The van der Waals surface area contributed by atoms with Gasteiger partial charge in [0.15, 0.2) is 0 Å². The SMILES string of the molecule is C=CCCSc1nc(C)cc(C)c1C(=O)O. The van der Waals surface area contributed by atoms with Crippen molar-refractivity contribution in [2.45, 2.75) is 25.3 Å². The summed E-state index contributed by atoms with van der Waals surface area (Å²) in [5.74, 6) is -0.106. The van der Waals surface area contributed by atoms with E-state index in [0.29, 0.717) is 10.6 Å². The lowest BCUT2D eigenvalue weighted by Crippen LogP contribution is -2.05. The fourth-order valence-electron chi connectivity index (χ4n) is 1.41. The molecule has 0 aliphatic rings. The van der Waals surface area contributed by atoms with Crippen molar-refractivity contribution in [2.75, 3.05) is 5.75 Å². The smallest absolute Gasteiger partial charge is 0.338 e. The Bertz CT molecular complexity index is 416. The van der Waals surface area contributed by atoms with Crippen LogP contribution in [0, 0.1) is 13.8 Å². The van der Waals surface area contributed by atoms with Crippen molar-refractivity contribution in [3.05, 3.63) is 35.5 Å². The van der Waals surface area contributed by atoms with Gasteiger partial charge in [-0.3, -0.25) is 0 Å².